The number of hydrogen-bond acceptors (Lipinski definition) is 20. The van der Waals surface area contributed by atoms with E-state index < -0.39 is 47.4 Å². The van der Waals surface area contributed by atoms with Crippen LogP contribution in [0, 0.1) is 44.4 Å². The fourth-order valence-corrected chi connectivity index (χ4v) is 12.4. The van der Waals surface area contributed by atoms with Gasteiger partial charge in [0, 0.05) is 29.0 Å². The molecule has 0 spiro atoms. The van der Waals surface area contributed by atoms with E-state index in [-0.39, 0.29) is 57.8 Å². The van der Waals surface area contributed by atoms with Crippen molar-refractivity contribution >= 4 is 52.1 Å². The molecule has 0 saturated carbocycles. The number of fused-ring (bicyclic) bond motifs is 3. The molecule has 1 fully saturated rings. The van der Waals surface area contributed by atoms with E-state index in [9.17, 15) is 34.7 Å². The highest BCUT2D eigenvalue weighted by Gasteiger charge is 2.45. The summed E-state index contributed by atoms with van der Waals surface area (Å²) in [6.45, 7) is 19.6. The number of nitrogens with zero attached hydrogens (tertiary/aromatic N) is 7. The lowest BCUT2D eigenvalue weighted by molar-refractivity contribution is -0.144. The lowest BCUT2D eigenvalue weighted by Gasteiger charge is -2.35. The van der Waals surface area contributed by atoms with Gasteiger partial charge >= 0.3 is 5.97 Å². The van der Waals surface area contributed by atoms with E-state index in [2.05, 4.69) is 38.8 Å². The maximum absolute atomic E-state index is 14.0. The molecular formula is C65H81N9O14S2. The number of aryl methyl sites for hydroxylation is 3. The summed E-state index contributed by atoms with van der Waals surface area (Å²) in [5.41, 5.74) is 9.61. The van der Waals surface area contributed by atoms with E-state index in [1.165, 1.54) is 4.90 Å². The minimum absolute atomic E-state index is 0.0320. The highest BCUT2D eigenvalue weighted by Crippen LogP contribution is 2.40. The number of aliphatic hydroxyl groups is 1. The zero-order valence-electron chi connectivity index (χ0n) is 52.3. The Labute approximate surface area is 532 Å². The molecule has 2 aliphatic rings. The fraction of sp³-hybridized carbons (Fsp3) is 0.492. The predicted octanol–water partition coefficient (Wildman–Crippen LogP) is 7.46. The summed E-state index contributed by atoms with van der Waals surface area (Å²) in [4.78, 5) is 65.6. The number of carboxylic acid groups (broad SMARTS) is 1. The second kappa shape index (κ2) is 33.1. The van der Waals surface area contributed by atoms with E-state index in [4.69, 9.17) is 42.9 Å². The lowest BCUT2D eigenvalue weighted by Crippen LogP contribution is -2.58. The topological polar surface area (TPSA) is 290 Å². The zero-order valence-corrected chi connectivity index (χ0v) is 53.9. The van der Waals surface area contributed by atoms with E-state index in [0.717, 1.165) is 59.4 Å². The van der Waals surface area contributed by atoms with Crippen LogP contribution in [0.3, 0.4) is 0 Å². The number of carboxylic acids is 1. The van der Waals surface area contributed by atoms with Crippen LogP contribution < -0.4 is 15.4 Å². The van der Waals surface area contributed by atoms with Crippen LogP contribution in [0.1, 0.15) is 103 Å². The number of benzene rings is 3. The lowest BCUT2D eigenvalue weighted by atomic mass is 9.85. The fourth-order valence-electron chi connectivity index (χ4n) is 10.3. The molecule has 0 radical (unpaired) electrons. The molecule has 90 heavy (non-hydrogen) atoms. The van der Waals surface area contributed by atoms with Crippen LogP contribution >= 0.6 is 22.7 Å². The second-order valence-corrected chi connectivity index (χ2v) is 24.9. The van der Waals surface area contributed by atoms with Gasteiger partial charge in [0.2, 0.25) is 17.7 Å². The molecule has 2 aliphatic heterocycles. The molecule has 1 saturated heterocycles. The largest absolute Gasteiger partial charge is 0.490 e. The molecule has 25 heteroatoms. The average Bonchev–Trinajstić information content (AvgIpc) is 2.04. The summed E-state index contributed by atoms with van der Waals surface area (Å²) in [6, 6.07) is 20.5. The van der Waals surface area contributed by atoms with Crippen molar-refractivity contribution in [2.24, 2.45) is 10.4 Å². The number of aliphatic carboxylic acids is 1. The molecule has 3 aromatic heterocycles. The van der Waals surface area contributed by atoms with Crippen molar-refractivity contribution in [2.45, 2.75) is 98.5 Å². The van der Waals surface area contributed by atoms with Crippen molar-refractivity contribution in [2.75, 3.05) is 106 Å². The minimum Gasteiger partial charge on any atom is -0.490 e. The number of carbonyl (C=O) groups excluding carboxylic acids is 3. The van der Waals surface area contributed by atoms with Crippen molar-refractivity contribution in [1.82, 2.24) is 35.3 Å². The van der Waals surface area contributed by atoms with Gasteiger partial charge in [-0.2, -0.15) is 5.26 Å². The Balaban J connectivity index is 0.617. The molecule has 0 aliphatic carbocycles. The number of nitriles is 1. The predicted molar refractivity (Wildman–Crippen MR) is 338 cm³/mol. The number of β-amino-alcohol motifs (C(OH)–C–C–N with tert-alkyl or cyclic N) is 1. The second-order valence-electron chi connectivity index (χ2n) is 22.9. The molecule has 5 atom stereocenters. The molecule has 0 bridgehead atoms. The normalized spacial score (nSPS) is 16.2. The van der Waals surface area contributed by atoms with Crippen molar-refractivity contribution < 1.29 is 67.3 Å². The molecule has 6 aromatic rings. The zero-order chi connectivity index (χ0) is 64.3. The van der Waals surface area contributed by atoms with E-state index in [0.29, 0.717) is 101 Å². The number of thiophene rings is 1. The van der Waals surface area contributed by atoms with Gasteiger partial charge in [0.1, 0.15) is 54.0 Å². The van der Waals surface area contributed by atoms with Gasteiger partial charge in [0.25, 0.3) is 0 Å². The number of thiazole rings is 1. The Morgan fingerprint density at radius 3 is 1.88 bits per heavy atom. The Bertz CT molecular complexity index is 3450. The molecule has 8 rings (SSSR count). The highest BCUT2D eigenvalue weighted by atomic mass is 32.1. The Morgan fingerprint density at radius 2 is 1.31 bits per heavy atom. The Kier molecular flexibility index (Phi) is 25.2. The van der Waals surface area contributed by atoms with E-state index in [1.54, 1.807) is 34.8 Å². The summed E-state index contributed by atoms with van der Waals surface area (Å²) in [7, 11) is 0. The van der Waals surface area contributed by atoms with Gasteiger partial charge < -0.3 is 63.6 Å². The van der Waals surface area contributed by atoms with Crippen molar-refractivity contribution in [1.29, 1.82) is 5.26 Å². The van der Waals surface area contributed by atoms with Crippen LogP contribution in [-0.2, 0) is 52.3 Å². The first kappa shape index (κ1) is 68.6. The number of amides is 3. The summed E-state index contributed by atoms with van der Waals surface area (Å²) in [5, 5.41) is 45.8. The summed E-state index contributed by atoms with van der Waals surface area (Å²) < 4.78 is 46.9. The highest BCUT2D eigenvalue weighted by molar-refractivity contribution is 7.15. The number of aliphatic imine (C=N–C) groups is 1. The maximum Gasteiger partial charge on any atom is 0.306 e. The summed E-state index contributed by atoms with van der Waals surface area (Å²) in [5.74, 6) is -0.695. The molecular weight excluding hydrogens is 1190 g/mol. The third-order valence-electron chi connectivity index (χ3n) is 15.2. The van der Waals surface area contributed by atoms with Gasteiger partial charge in [-0.05, 0) is 80.0 Å². The van der Waals surface area contributed by atoms with Gasteiger partial charge in [0.05, 0.1) is 132 Å². The van der Waals surface area contributed by atoms with Crippen LogP contribution in [0.2, 0.25) is 0 Å². The third kappa shape index (κ3) is 18.4. The smallest absolute Gasteiger partial charge is 0.306 e. The molecule has 23 nitrogen and oxygen atoms in total. The van der Waals surface area contributed by atoms with Gasteiger partial charge in [-0.25, -0.2) is 4.98 Å². The number of carbonyl (C=O) groups is 4. The van der Waals surface area contributed by atoms with Gasteiger partial charge in [-0.1, -0.05) is 75.4 Å². The Morgan fingerprint density at radius 1 is 0.744 bits per heavy atom. The average molecular weight is 1280 g/mol. The van der Waals surface area contributed by atoms with Gasteiger partial charge in [-0.3, -0.25) is 28.7 Å². The number of rotatable bonds is 34. The number of aromatic nitrogens is 4. The Hall–Kier alpha value is -7.35. The number of hydrogen-bond donors (Lipinski definition) is 4. The minimum atomic E-state index is -0.984. The van der Waals surface area contributed by atoms with Crippen molar-refractivity contribution in [3.8, 4) is 38.4 Å². The third-order valence-corrected chi connectivity index (χ3v) is 17.4. The van der Waals surface area contributed by atoms with Crippen LogP contribution in [0.25, 0.3) is 26.6 Å². The molecule has 482 valence electrons. The number of likely N-dealkylation sites (tertiary alicyclic amines) is 1. The van der Waals surface area contributed by atoms with Crippen molar-refractivity contribution in [3.63, 3.8) is 0 Å². The number of ether oxygens (including phenoxy) is 8. The number of nitrogens with one attached hydrogen (secondary N) is 2. The maximum atomic E-state index is 14.0. The first-order valence-corrected chi connectivity index (χ1v) is 31.7. The van der Waals surface area contributed by atoms with Crippen LogP contribution in [-0.4, -0.2) is 188 Å². The first-order chi connectivity index (χ1) is 43.3. The summed E-state index contributed by atoms with van der Waals surface area (Å²) >= 11 is 3.18. The molecule has 3 aromatic carbocycles. The number of aliphatic hydroxyl groups excluding tert-OH is 1. The SMILES string of the molecule is Cc1ncsc1-c1ccc(C(C)NC(=O)[C@@H]2C[C@@H](O)CN2C(=O)C(NC(=O)COCCOCCOCCOCCOCCOCCOCCOc2ccc(-c3ccc(C4=N[C@@H](CC(=O)O)c5nnc(C)n5-c5sc(C)c(C)c54)cc3)cc2C#N)C(C)(C)C)cc1. The molecule has 2 unspecified atom stereocenters. The van der Waals surface area contributed by atoms with Crippen LogP contribution in [0.15, 0.2) is 77.2 Å². The molecule has 3 amide bonds. The van der Waals surface area contributed by atoms with Gasteiger partial charge in [0.15, 0.2) is 5.82 Å². The quantitative estimate of drug-likeness (QED) is 0.0285. The van der Waals surface area contributed by atoms with E-state index in [1.807, 2.05) is 113 Å². The van der Waals surface area contributed by atoms with Crippen LogP contribution in [0.5, 0.6) is 5.75 Å². The van der Waals surface area contributed by atoms with E-state index >= 15 is 0 Å². The standard InChI is InChI=1S/C65H81N9O14S2/c1-40-43(4)90-64-57(40)58(69-52(35-56(77)78)61-72-71-44(5)74(61)64)47-13-11-46(12-14-47)49-17-18-54(50(33-49)36-66)88-32-31-86-28-27-84-24-23-82-20-19-81-21-22-83-25-26-85-29-30-87-38-55(76)70-60(65(6,7)8)63(80)73-37-51(75)34-53(73)62(79)68-41(2)45-9-15-48(16-10-45)59-42(3)67-39-89-59/h9-18,33,39,41,51-53,60,75H,19-32,34-35,37-38H2,1-8H3,(H,68,79)(H,70,76)(H,77,78)/t41?,51-,52+,53+,60?/m1/s1. The monoisotopic (exact) mass is 1280 g/mol. The molecule has 4 N–H and O–H groups in total. The van der Waals surface area contributed by atoms with Gasteiger partial charge in [-0.15, -0.1) is 32.9 Å². The van der Waals surface area contributed by atoms with Crippen LogP contribution in [0.4, 0.5) is 0 Å². The summed E-state index contributed by atoms with van der Waals surface area (Å²) in [6.07, 6.45) is -1.04. The van der Waals surface area contributed by atoms with Crippen molar-refractivity contribution in [3.05, 3.63) is 122 Å². The molecule has 5 heterocycles. The first-order valence-electron chi connectivity index (χ1n) is 30.1.